The Morgan fingerprint density at radius 3 is 2.67 bits per heavy atom. The van der Waals surface area contributed by atoms with Crippen LogP contribution >= 0.6 is 22.7 Å². The number of thiophene rings is 1. The standard InChI is InChI=1S/C20H22N4O3S3/c1-2-23-8-10-24(11-9-23)30(26,27)16-6-3-5-15(13-16)22-19(25)18-14-21-20(29-18)17-7-4-12-28-17/h3-7,12-14H,2,8-11H2,1H3,(H,22,25). The monoisotopic (exact) mass is 462 g/mol. The summed E-state index contributed by atoms with van der Waals surface area (Å²) < 4.78 is 27.5. The molecule has 1 aliphatic rings. The van der Waals surface area contributed by atoms with Crippen molar-refractivity contribution in [3.8, 4) is 9.88 Å². The third-order valence-corrected chi connectivity index (χ3v) is 8.90. The molecule has 3 aromatic rings. The minimum absolute atomic E-state index is 0.189. The molecule has 0 aliphatic carbocycles. The molecule has 0 radical (unpaired) electrons. The highest BCUT2D eigenvalue weighted by Crippen LogP contribution is 2.29. The number of hydrogen-bond acceptors (Lipinski definition) is 7. The predicted molar refractivity (Wildman–Crippen MR) is 121 cm³/mol. The number of piperazine rings is 1. The van der Waals surface area contributed by atoms with Crippen LogP contribution in [0.2, 0.25) is 0 Å². The molecule has 1 aromatic carbocycles. The Kier molecular flexibility index (Phi) is 6.30. The van der Waals surface area contributed by atoms with E-state index in [1.807, 2.05) is 17.5 Å². The zero-order valence-corrected chi connectivity index (χ0v) is 18.9. The number of likely N-dealkylation sites (N-methyl/N-ethyl adjacent to an activating group) is 1. The number of benzene rings is 1. The van der Waals surface area contributed by atoms with Crippen LogP contribution in [0.5, 0.6) is 0 Å². The average Bonchev–Trinajstić information content (AvgIpc) is 3.46. The van der Waals surface area contributed by atoms with Crippen molar-refractivity contribution in [3.63, 3.8) is 0 Å². The number of rotatable bonds is 6. The summed E-state index contributed by atoms with van der Waals surface area (Å²) in [5.41, 5.74) is 0.444. The van der Waals surface area contributed by atoms with E-state index in [0.29, 0.717) is 23.7 Å². The van der Waals surface area contributed by atoms with Crippen molar-refractivity contribution >= 4 is 44.3 Å². The molecule has 0 saturated carbocycles. The summed E-state index contributed by atoms with van der Waals surface area (Å²) in [4.78, 5) is 20.8. The van der Waals surface area contributed by atoms with Crippen molar-refractivity contribution in [2.24, 2.45) is 0 Å². The number of carbonyl (C=O) groups excluding carboxylic acids is 1. The molecular formula is C20H22N4O3S3. The number of sulfonamides is 1. The lowest BCUT2D eigenvalue weighted by molar-refractivity contribution is 0.103. The highest BCUT2D eigenvalue weighted by atomic mass is 32.2. The molecule has 0 unspecified atom stereocenters. The molecule has 0 atom stereocenters. The van der Waals surface area contributed by atoms with Gasteiger partial charge < -0.3 is 10.2 Å². The van der Waals surface area contributed by atoms with E-state index in [1.165, 1.54) is 21.7 Å². The van der Waals surface area contributed by atoms with Crippen LogP contribution in [0.4, 0.5) is 5.69 Å². The van der Waals surface area contributed by atoms with E-state index in [4.69, 9.17) is 0 Å². The summed E-state index contributed by atoms with van der Waals surface area (Å²) in [5.74, 6) is -0.304. The highest BCUT2D eigenvalue weighted by molar-refractivity contribution is 7.89. The summed E-state index contributed by atoms with van der Waals surface area (Å²) >= 11 is 2.88. The highest BCUT2D eigenvalue weighted by Gasteiger charge is 2.28. The van der Waals surface area contributed by atoms with E-state index >= 15 is 0 Å². The van der Waals surface area contributed by atoms with Gasteiger partial charge in [0.05, 0.1) is 16.0 Å². The number of amides is 1. The number of hydrogen-bond donors (Lipinski definition) is 1. The molecule has 7 nitrogen and oxygen atoms in total. The number of thiazole rings is 1. The van der Waals surface area contributed by atoms with Crippen LogP contribution in [0, 0.1) is 0 Å². The van der Waals surface area contributed by atoms with Crippen molar-refractivity contribution in [1.29, 1.82) is 0 Å². The number of carbonyl (C=O) groups is 1. The molecule has 30 heavy (non-hydrogen) atoms. The fourth-order valence-corrected chi connectivity index (χ4v) is 6.34. The van der Waals surface area contributed by atoms with E-state index in [9.17, 15) is 13.2 Å². The Bertz CT molecular complexity index is 1120. The molecule has 10 heteroatoms. The van der Waals surface area contributed by atoms with Gasteiger partial charge >= 0.3 is 0 Å². The maximum atomic E-state index is 13.0. The molecular weight excluding hydrogens is 440 g/mol. The van der Waals surface area contributed by atoms with Gasteiger partial charge in [0.2, 0.25) is 10.0 Å². The third-order valence-electron chi connectivity index (χ3n) is 4.97. The molecule has 4 rings (SSSR count). The first-order chi connectivity index (χ1) is 14.5. The SMILES string of the molecule is CCN1CCN(S(=O)(=O)c2cccc(NC(=O)c3cnc(-c4cccs4)s3)c2)CC1. The minimum Gasteiger partial charge on any atom is -0.321 e. The summed E-state index contributed by atoms with van der Waals surface area (Å²) in [5, 5.41) is 5.54. The second-order valence-corrected chi connectivity index (χ2v) is 10.7. The van der Waals surface area contributed by atoms with Crippen molar-refractivity contribution in [1.82, 2.24) is 14.2 Å². The quantitative estimate of drug-likeness (QED) is 0.607. The lowest BCUT2D eigenvalue weighted by Crippen LogP contribution is -2.48. The zero-order valence-electron chi connectivity index (χ0n) is 16.4. The Morgan fingerprint density at radius 2 is 1.97 bits per heavy atom. The Morgan fingerprint density at radius 1 is 1.17 bits per heavy atom. The summed E-state index contributed by atoms with van der Waals surface area (Å²) in [6, 6.07) is 10.3. The van der Waals surface area contributed by atoms with Gasteiger partial charge in [0.1, 0.15) is 9.88 Å². The van der Waals surface area contributed by atoms with Crippen LogP contribution in [-0.4, -0.2) is 61.2 Å². The summed E-state index contributed by atoms with van der Waals surface area (Å²) in [7, 11) is -3.60. The average molecular weight is 463 g/mol. The molecule has 2 aromatic heterocycles. The van der Waals surface area contributed by atoms with Gasteiger partial charge in [-0.15, -0.1) is 22.7 Å². The van der Waals surface area contributed by atoms with Gasteiger partial charge in [-0.05, 0) is 36.2 Å². The van der Waals surface area contributed by atoms with Gasteiger partial charge in [-0.25, -0.2) is 13.4 Å². The van der Waals surface area contributed by atoms with E-state index in [2.05, 4.69) is 22.1 Å². The molecule has 0 spiro atoms. The van der Waals surface area contributed by atoms with Crippen LogP contribution in [0.25, 0.3) is 9.88 Å². The predicted octanol–water partition coefficient (Wildman–Crippen LogP) is 3.45. The van der Waals surface area contributed by atoms with Crippen molar-refractivity contribution in [2.45, 2.75) is 11.8 Å². The fraction of sp³-hybridized carbons (Fsp3) is 0.300. The third kappa shape index (κ3) is 4.47. The molecule has 3 heterocycles. The number of nitrogens with one attached hydrogen (secondary N) is 1. The van der Waals surface area contributed by atoms with E-state index in [1.54, 1.807) is 35.7 Å². The first kappa shape index (κ1) is 21.1. The van der Waals surface area contributed by atoms with Gasteiger partial charge in [0.25, 0.3) is 5.91 Å². The summed E-state index contributed by atoms with van der Waals surface area (Å²) in [6.45, 7) is 5.39. The van der Waals surface area contributed by atoms with Gasteiger partial charge in [-0.1, -0.05) is 19.1 Å². The fourth-order valence-electron chi connectivity index (χ4n) is 3.26. The van der Waals surface area contributed by atoms with E-state index < -0.39 is 10.0 Å². The van der Waals surface area contributed by atoms with Crippen LogP contribution in [0.3, 0.4) is 0 Å². The lowest BCUT2D eigenvalue weighted by atomic mass is 10.3. The van der Waals surface area contributed by atoms with Crippen molar-refractivity contribution in [2.75, 3.05) is 38.0 Å². The number of aromatic nitrogens is 1. The first-order valence-electron chi connectivity index (χ1n) is 9.61. The normalized spacial score (nSPS) is 15.9. The second kappa shape index (κ2) is 8.94. The molecule has 1 aliphatic heterocycles. The maximum Gasteiger partial charge on any atom is 0.267 e. The minimum atomic E-state index is -3.60. The van der Waals surface area contributed by atoms with Gasteiger partial charge in [0.15, 0.2) is 0 Å². The van der Waals surface area contributed by atoms with Gasteiger partial charge in [-0.3, -0.25) is 4.79 Å². The Labute approximate surface area is 184 Å². The Hall–Kier alpha value is -2.11. The smallest absolute Gasteiger partial charge is 0.267 e. The van der Waals surface area contributed by atoms with E-state index in [0.717, 1.165) is 29.5 Å². The molecule has 1 fully saturated rings. The van der Waals surface area contributed by atoms with Crippen molar-refractivity contribution in [3.05, 3.63) is 52.9 Å². The Balaban J connectivity index is 1.47. The van der Waals surface area contributed by atoms with Gasteiger partial charge in [-0.2, -0.15) is 4.31 Å². The zero-order chi connectivity index (χ0) is 21.1. The summed E-state index contributed by atoms with van der Waals surface area (Å²) in [6.07, 6.45) is 1.54. The largest absolute Gasteiger partial charge is 0.321 e. The molecule has 1 N–H and O–H groups in total. The van der Waals surface area contributed by atoms with Crippen LogP contribution in [-0.2, 0) is 10.0 Å². The first-order valence-corrected chi connectivity index (χ1v) is 12.7. The molecule has 1 saturated heterocycles. The molecule has 1 amide bonds. The topological polar surface area (TPSA) is 82.6 Å². The molecule has 158 valence electrons. The van der Waals surface area contributed by atoms with E-state index in [-0.39, 0.29) is 10.8 Å². The van der Waals surface area contributed by atoms with Gasteiger partial charge in [0, 0.05) is 31.9 Å². The maximum absolute atomic E-state index is 13.0. The van der Waals surface area contributed by atoms with Crippen LogP contribution in [0.15, 0.2) is 52.9 Å². The number of nitrogens with zero attached hydrogens (tertiary/aromatic N) is 3. The second-order valence-electron chi connectivity index (χ2n) is 6.83. The number of anilines is 1. The molecule has 0 bridgehead atoms. The van der Waals surface area contributed by atoms with Crippen LogP contribution < -0.4 is 5.32 Å². The van der Waals surface area contributed by atoms with Crippen molar-refractivity contribution < 1.29 is 13.2 Å². The van der Waals surface area contributed by atoms with Crippen LogP contribution in [0.1, 0.15) is 16.6 Å². The lowest BCUT2D eigenvalue weighted by Gasteiger charge is -2.33.